The van der Waals surface area contributed by atoms with Crippen LogP contribution in [-0.4, -0.2) is 45.5 Å². The Labute approximate surface area is 140 Å². The van der Waals surface area contributed by atoms with Gasteiger partial charge in [-0.2, -0.15) is 0 Å². The smallest absolute Gasteiger partial charge is 0.260 e. The Morgan fingerprint density at radius 3 is 2.73 bits per heavy atom. The Bertz CT molecular complexity index is 471. The van der Waals surface area contributed by atoms with Crippen molar-refractivity contribution in [3.63, 3.8) is 0 Å². The van der Waals surface area contributed by atoms with E-state index < -0.39 is 6.10 Å². The van der Waals surface area contributed by atoms with E-state index in [1.807, 2.05) is 0 Å². The van der Waals surface area contributed by atoms with Gasteiger partial charge in [0, 0.05) is 25.3 Å². The molecule has 1 aromatic rings. The first-order valence-corrected chi connectivity index (χ1v) is 7.76. The summed E-state index contributed by atoms with van der Waals surface area (Å²) in [6.07, 6.45) is 0.0808. The van der Waals surface area contributed by atoms with Crippen LogP contribution in [0.2, 0.25) is 10.0 Å². The zero-order chi connectivity index (χ0) is 16.4. The number of ether oxygens (including phenoxy) is 3. The van der Waals surface area contributed by atoms with E-state index in [4.69, 9.17) is 37.4 Å². The molecule has 0 spiro atoms. The van der Waals surface area contributed by atoms with Gasteiger partial charge < -0.3 is 19.5 Å². The highest BCUT2D eigenvalue weighted by Gasteiger charge is 2.15. The van der Waals surface area contributed by atoms with Crippen molar-refractivity contribution in [2.75, 3.05) is 33.5 Å². The second-order valence-electron chi connectivity index (χ2n) is 4.58. The molecule has 1 N–H and O–H groups in total. The van der Waals surface area contributed by atoms with Crippen molar-refractivity contribution >= 4 is 29.1 Å². The van der Waals surface area contributed by atoms with E-state index in [1.54, 1.807) is 32.2 Å². The van der Waals surface area contributed by atoms with Gasteiger partial charge in [-0.1, -0.05) is 23.2 Å². The molecule has 1 aromatic carbocycles. The lowest BCUT2D eigenvalue weighted by Gasteiger charge is -2.15. The van der Waals surface area contributed by atoms with Crippen LogP contribution in [-0.2, 0) is 14.3 Å². The molecule has 0 aliphatic carbocycles. The van der Waals surface area contributed by atoms with E-state index in [0.29, 0.717) is 42.2 Å². The van der Waals surface area contributed by atoms with Crippen molar-refractivity contribution in [2.24, 2.45) is 0 Å². The summed E-state index contributed by atoms with van der Waals surface area (Å²) in [4.78, 5) is 11.9. The van der Waals surface area contributed by atoms with E-state index in [-0.39, 0.29) is 5.91 Å². The molecular weight excluding hydrogens is 329 g/mol. The first kappa shape index (κ1) is 19.0. The van der Waals surface area contributed by atoms with Crippen molar-refractivity contribution in [1.29, 1.82) is 0 Å². The fourth-order valence-corrected chi connectivity index (χ4v) is 2.04. The first-order chi connectivity index (χ1) is 10.5. The van der Waals surface area contributed by atoms with Gasteiger partial charge in [0.1, 0.15) is 5.75 Å². The number of carbonyl (C=O) groups excluding carboxylic acids is 1. The van der Waals surface area contributed by atoms with E-state index in [9.17, 15) is 4.79 Å². The monoisotopic (exact) mass is 349 g/mol. The molecule has 5 nitrogen and oxygen atoms in total. The Morgan fingerprint density at radius 1 is 1.27 bits per heavy atom. The molecule has 1 rings (SSSR count). The molecule has 7 heteroatoms. The van der Waals surface area contributed by atoms with Gasteiger partial charge in [-0.3, -0.25) is 4.79 Å². The molecular formula is C15H21Cl2NO4. The van der Waals surface area contributed by atoms with Gasteiger partial charge >= 0.3 is 0 Å². The molecule has 0 aromatic heterocycles. The zero-order valence-electron chi connectivity index (χ0n) is 12.7. The van der Waals surface area contributed by atoms with Gasteiger partial charge in [0.2, 0.25) is 0 Å². The van der Waals surface area contributed by atoms with Crippen molar-refractivity contribution in [1.82, 2.24) is 5.32 Å². The van der Waals surface area contributed by atoms with Gasteiger partial charge in [0.25, 0.3) is 5.91 Å². The molecule has 1 atom stereocenters. The van der Waals surface area contributed by atoms with Crippen molar-refractivity contribution in [3.05, 3.63) is 28.2 Å². The summed E-state index contributed by atoms with van der Waals surface area (Å²) >= 11 is 11.8. The second-order valence-corrected chi connectivity index (χ2v) is 5.43. The largest absolute Gasteiger partial charge is 0.479 e. The Kier molecular flexibility index (Phi) is 9.24. The standard InChI is InChI=1S/C15H21Cl2NO4/c1-11(22-14-5-4-12(16)10-13(14)17)15(19)18-6-3-7-21-9-8-20-2/h4-5,10-11H,3,6-9H2,1-2H3,(H,18,19). The summed E-state index contributed by atoms with van der Waals surface area (Å²) in [7, 11) is 1.62. The predicted octanol–water partition coefficient (Wildman–Crippen LogP) is 2.93. The van der Waals surface area contributed by atoms with Crippen molar-refractivity contribution in [3.8, 4) is 5.75 Å². The molecule has 0 bridgehead atoms. The van der Waals surface area contributed by atoms with Gasteiger partial charge in [-0.25, -0.2) is 0 Å². The molecule has 1 unspecified atom stereocenters. The van der Waals surface area contributed by atoms with Crippen LogP contribution in [0.5, 0.6) is 5.75 Å². The van der Waals surface area contributed by atoms with Crippen molar-refractivity contribution in [2.45, 2.75) is 19.4 Å². The molecule has 0 fully saturated rings. The lowest BCUT2D eigenvalue weighted by molar-refractivity contribution is -0.127. The number of carbonyl (C=O) groups is 1. The summed E-state index contributed by atoms with van der Waals surface area (Å²) in [5, 5.41) is 3.67. The lowest BCUT2D eigenvalue weighted by Crippen LogP contribution is -2.37. The van der Waals surface area contributed by atoms with Crippen LogP contribution in [0.15, 0.2) is 18.2 Å². The Balaban J connectivity index is 2.24. The number of amides is 1. The van der Waals surface area contributed by atoms with Crippen LogP contribution >= 0.6 is 23.2 Å². The average molecular weight is 350 g/mol. The van der Waals surface area contributed by atoms with Crippen molar-refractivity contribution < 1.29 is 19.0 Å². The van der Waals surface area contributed by atoms with Crippen LogP contribution < -0.4 is 10.1 Å². The highest BCUT2D eigenvalue weighted by Crippen LogP contribution is 2.28. The maximum Gasteiger partial charge on any atom is 0.260 e. The molecule has 124 valence electrons. The SMILES string of the molecule is COCCOCCCNC(=O)C(C)Oc1ccc(Cl)cc1Cl. The quantitative estimate of drug-likeness (QED) is 0.660. The van der Waals surface area contributed by atoms with Crippen LogP contribution in [0.4, 0.5) is 0 Å². The number of halogens is 2. The minimum Gasteiger partial charge on any atom is -0.479 e. The third kappa shape index (κ3) is 7.31. The number of hydrogen-bond donors (Lipinski definition) is 1. The molecule has 0 aliphatic heterocycles. The lowest BCUT2D eigenvalue weighted by atomic mass is 10.3. The third-order valence-corrected chi connectivity index (χ3v) is 3.29. The number of rotatable bonds is 10. The summed E-state index contributed by atoms with van der Waals surface area (Å²) in [5.41, 5.74) is 0. The third-order valence-electron chi connectivity index (χ3n) is 2.76. The predicted molar refractivity (Wildman–Crippen MR) is 86.9 cm³/mol. The summed E-state index contributed by atoms with van der Waals surface area (Å²) in [6.45, 7) is 3.88. The van der Waals surface area contributed by atoms with E-state index >= 15 is 0 Å². The van der Waals surface area contributed by atoms with Gasteiger partial charge in [0.05, 0.1) is 18.2 Å². The van der Waals surface area contributed by atoms with Gasteiger partial charge in [-0.15, -0.1) is 0 Å². The van der Waals surface area contributed by atoms with Crippen LogP contribution in [0.3, 0.4) is 0 Å². The molecule has 0 aliphatic rings. The summed E-state index contributed by atoms with van der Waals surface area (Å²) < 4.78 is 15.7. The van der Waals surface area contributed by atoms with Crippen LogP contribution in [0, 0.1) is 0 Å². The van der Waals surface area contributed by atoms with E-state index in [2.05, 4.69) is 5.32 Å². The maximum atomic E-state index is 11.9. The summed E-state index contributed by atoms with van der Waals surface area (Å²) in [6, 6.07) is 4.86. The minimum absolute atomic E-state index is 0.206. The Hall–Kier alpha value is -1.01. The normalized spacial score (nSPS) is 12.0. The highest BCUT2D eigenvalue weighted by molar-refractivity contribution is 6.35. The highest BCUT2D eigenvalue weighted by atomic mass is 35.5. The van der Waals surface area contributed by atoms with Crippen LogP contribution in [0.25, 0.3) is 0 Å². The second kappa shape index (κ2) is 10.7. The number of methoxy groups -OCH3 is 1. The molecule has 0 radical (unpaired) electrons. The Morgan fingerprint density at radius 2 is 2.05 bits per heavy atom. The number of hydrogen-bond acceptors (Lipinski definition) is 4. The molecule has 0 heterocycles. The fraction of sp³-hybridized carbons (Fsp3) is 0.533. The maximum absolute atomic E-state index is 11.9. The zero-order valence-corrected chi connectivity index (χ0v) is 14.2. The fourth-order valence-electron chi connectivity index (χ4n) is 1.59. The number of nitrogens with one attached hydrogen (secondary N) is 1. The molecule has 1 amide bonds. The first-order valence-electron chi connectivity index (χ1n) is 7.00. The topological polar surface area (TPSA) is 56.8 Å². The molecule has 0 saturated heterocycles. The van der Waals surface area contributed by atoms with Gasteiger partial charge in [0.15, 0.2) is 6.10 Å². The van der Waals surface area contributed by atoms with Crippen LogP contribution in [0.1, 0.15) is 13.3 Å². The molecule has 22 heavy (non-hydrogen) atoms. The average Bonchev–Trinajstić information content (AvgIpc) is 2.48. The number of benzene rings is 1. The summed E-state index contributed by atoms with van der Waals surface area (Å²) in [5.74, 6) is 0.222. The van der Waals surface area contributed by atoms with E-state index in [1.165, 1.54) is 0 Å². The van der Waals surface area contributed by atoms with Gasteiger partial charge in [-0.05, 0) is 31.5 Å². The molecule has 0 saturated carbocycles. The van der Waals surface area contributed by atoms with E-state index in [0.717, 1.165) is 6.42 Å². The minimum atomic E-state index is -0.645.